The normalized spacial score (nSPS) is 11.9. The van der Waals surface area contributed by atoms with Crippen LogP contribution in [0.5, 0.6) is 0 Å². The Kier molecular flexibility index (Phi) is 6.81. The Morgan fingerprint density at radius 3 is 2.42 bits per heavy atom. The van der Waals surface area contributed by atoms with Crippen molar-refractivity contribution < 1.29 is 31.6 Å². The Morgan fingerprint density at radius 2 is 1.72 bits per heavy atom. The van der Waals surface area contributed by atoms with Crippen LogP contribution in [0.2, 0.25) is 0 Å². The second-order valence-corrected chi connectivity index (χ2v) is 9.63. The van der Waals surface area contributed by atoms with E-state index in [9.17, 15) is 27.2 Å². The van der Waals surface area contributed by atoms with E-state index in [1.807, 2.05) is 13.8 Å². The zero-order chi connectivity index (χ0) is 26.1. The minimum Gasteiger partial charge on any atom is -0.444 e. The first-order valence-corrected chi connectivity index (χ1v) is 11.6. The molecule has 5 nitrogen and oxygen atoms in total. The second-order valence-electron chi connectivity index (χ2n) is 8.72. The van der Waals surface area contributed by atoms with E-state index >= 15 is 0 Å². The Balaban J connectivity index is 1.44. The van der Waals surface area contributed by atoms with Gasteiger partial charge in [-0.25, -0.2) is 9.37 Å². The van der Waals surface area contributed by atoms with Gasteiger partial charge in [0, 0.05) is 38.9 Å². The summed E-state index contributed by atoms with van der Waals surface area (Å²) >= 11 is 0.992. The highest BCUT2D eigenvalue weighted by atomic mass is 32.1. The number of alkyl halides is 3. The summed E-state index contributed by atoms with van der Waals surface area (Å²) in [5, 5.41) is 4.00. The van der Waals surface area contributed by atoms with Gasteiger partial charge >= 0.3 is 6.18 Å². The number of carbonyl (C=O) groups is 2. The molecule has 0 bridgehead atoms. The number of Topliss-reactive ketones (excluding diaryl/α,β-unsaturated/α-hetero) is 1. The number of nitrogens with one attached hydrogen (secondary N) is 1. The summed E-state index contributed by atoms with van der Waals surface area (Å²) in [6.07, 6.45) is -3.46. The van der Waals surface area contributed by atoms with Crippen LogP contribution in [0.25, 0.3) is 21.9 Å². The Morgan fingerprint density at radius 1 is 1.00 bits per heavy atom. The highest BCUT2D eigenvalue weighted by Crippen LogP contribution is 2.31. The molecule has 0 saturated carbocycles. The zero-order valence-electron chi connectivity index (χ0n) is 19.2. The van der Waals surface area contributed by atoms with E-state index < -0.39 is 22.9 Å². The number of nitrogens with zero attached hydrogens (tertiary/aromatic N) is 1. The molecule has 0 aliphatic heterocycles. The third-order valence-corrected chi connectivity index (χ3v) is 6.49. The molecule has 1 amide bonds. The number of aromatic nitrogens is 1. The zero-order valence-corrected chi connectivity index (χ0v) is 20.0. The maximum absolute atomic E-state index is 13.2. The maximum atomic E-state index is 13.2. The standard InChI is InChI=1S/C26H20F4N2O3S/c1-25(2,21-12-35-24(32-21)15-6-8-19(27)9-7-15)14-31-23(34)17-5-3-4-16(10-17)20-11-18(13-36-20)22(33)26(28,29)30/h3-13H,14H2,1-2H3,(H,31,34). The molecule has 2 heterocycles. The van der Waals surface area contributed by atoms with Crippen molar-refractivity contribution in [1.29, 1.82) is 0 Å². The van der Waals surface area contributed by atoms with Crippen LogP contribution >= 0.6 is 11.3 Å². The largest absolute Gasteiger partial charge is 0.454 e. The van der Waals surface area contributed by atoms with E-state index in [0.29, 0.717) is 33.2 Å². The molecule has 2 aromatic heterocycles. The summed E-state index contributed by atoms with van der Waals surface area (Å²) in [7, 11) is 0. The predicted octanol–water partition coefficient (Wildman–Crippen LogP) is 6.66. The van der Waals surface area contributed by atoms with Crippen LogP contribution in [0.15, 0.2) is 70.7 Å². The van der Waals surface area contributed by atoms with Crippen LogP contribution in [0.1, 0.15) is 40.3 Å². The first-order chi connectivity index (χ1) is 16.9. The van der Waals surface area contributed by atoms with E-state index in [4.69, 9.17) is 4.42 Å². The summed E-state index contributed by atoms with van der Waals surface area (Å²) in [4.78, 5) is 29.2. The maximum Gasteiger partial charge on any atom is 0.454 e. The Hall–Kier alpha value is -3.79. The third-order valence-electron chi connectivity index (χ3n) is 5.51. The number of carbonyl (C=O) groups excluding carboxylic acids is 2. The van der Waals surface area contributed by atoms with Crippen molar-refractivity contribution in [3.05, 3.63) is 88.9 Å². The smallest absolute Gasteiger partial charge is 0.444 e. The van der Waals surface area contributed by atoms with Crippen molar-refractivity contribution in [2.75, 3.05) is 6.54 Å². The van der Waals surface area contributed by atoms with Gasteiger partial charge in [0.05, 0.1) is 5.69 Å². The summed E-state index contributed by atoms with van der Waals surface area (Å²) in [6, 6.07) is 13.3. The van der Waals surface area contributed by atoms with Crippen LogP contribution in [0.3, 0.4) is 0 Å². The van der Waals surface area contributed by atoms with Crippen molar-refractivity contribution in [2.45, 2.75) is 25.4 Å². The number of ketones is 1. The van der Waals surface area contributed by atoms with Gasteiger partial charge in [-0.3, -0.25) is 9.59 Å². The van der Waals surface area contributed by atoms with Crippen LogP contribution in [-0.2, 0) is 5.41 Å². The molecule has 1 N–H and O–H groups in total. The average Bonchev–Trinajstić information content (AvgIpc) is 3.53. The fourth-order valence-corrected chi connectivity index (χ4v) is 4.27. The molecule has 0 fully saturated rings. The second kappa shape index (κ2) is 9.69. The first-order valence-electron chi connectivity index (χ1n) is 10.7. The van der Waals surface area contributed by atoms with E-state index in [1.54, 1.807) is 36.4 Å². The summed E-state index contributed by atoms with van der Waals surface area (Å²) in [6.45, 7) is 3.97. The summed E-state index contributed by atoms with van der Waals surface area (Å²) < 4.78 is 56.8. The summed E-state index contributed by atoms with van der Waals surface area (Å²) in [5.41, 5.74) is 1.01. The fourth-order valence-electron chi connectivity index (χ4n) is 3.39. The predicted molar refractivity (Wildman–Crippen MR) is 127 cm³/mol. The molecule has 0 atom stereocenters. The Bertz CT molecular complexity index is 1410. The minimum atomic E-state index is -4.95. The van der Waals surface area contributed by atoms with Gasteiger partial charge in [0.1, 0.15) is 12.1 Å². The number of thiophene rings is 1. The molecule has 2 aromatic carbocycles. The molecular weight excluding hydrogens is 496 g/mol. The van der Waals surface area contributed by atoms with Crippen LogP contribution in [0, 0.1) is 5.82 Å². The molecule has 0 spiro atoms. The number of amides is 1. The topological polar surface area (TPSA) is 72.2 Å². The highest BCUT2D eigenvalue weighted by Gasteiger charge is 2.39. The molecule has 4 rings (SSSR count). The lowest BCUT2D eigenvalue weighted by atomic mass is 9.90. The number of hydrogen-bond acceptors (Lipinski definition) is 5. The third kappa shape index (κ3) is 5.54. The molecule has 10 heteroatoms. The minimum absolute atomic E-state index is 0.217. The lowest BCUT2D eigenvalue weighted by Crippen LogP contribution is -2.36. The lowest BCUT2D eigenvalue weighted by Gasteiger charge is -2.22. The quantitative estimate of drug-likeness (QED) is 0.220. The number of rotatable bonds is 7. The van der Waals surface area contributed by atoms with Crippen LogP contribution in [0.4, 0.5) is 17.6 Å². The van der Waals surface area contributed by atoms with Crippen LogP contribution < -0.4 is 5.32 Å². The number of halogens is 4. The van der Waals surface area contributed by atoms with E-state index in [1.165, 1.54) is 24.5 Å². The fraction of sp³-hybridized carbons (Fsp3) is 0.192. The van der Waals surface area contributed by atoms with Gasteiger partial charge in [0.15, 0.2) is 0 Å². The number of benzene rings is 2. The molecule has 186 valence electrons. The molecule has 36 heavy (non-hydrogen) atoms. The van der Waals surface area contributed by atoms with E-state index in [2.05, 4.69) is 10.3 Å². The van der Waals surface area contributed by atoms with E-state index in [-0.39, 0.29) is 18.3 Å². The van der Waals surface area contributed by atoms with Crippen molar-refractivity contribution in [3.63, 3.8) is 0 Å². The van der Waals surface area contributed by atoms with E-state index in [0.717, 1.165) is 16.7 Å². The molecular formula is C26H20F4N2O3S. The van der Waals surface area contributed by atoms with Crippen molar-refractivity contribution in [2.24, 2.45) is 0 Å². The van der Waals surface area contributed by atoms with Gasteiger partial charge in [0.25, 0.3) is 11.7 Å². The lowest BCUT2D eigenvalue weighted by molar-refractivity contribution is -0.0884. The molecule has 0 unspecified atom stereocenters. The number of oxazole rings is 1. The molecule has 0 radical (unpaired) electrons. The number of hydrogen-bond donors (Lipinski definition) is 1. The van der Waals surface area contributed by atoms with Crippen molar-refractivity contribution >= 4 is 23.0 Å². The molecule has 0 saturated heterocycles. The van der Waals surface area contributed by atoms with Gasteiger partial charge in [-0.15, -0.1) is 11.3 Å². The van der Waals surface area contributed by atoms with Crippen molar-refractivity contribution in [3.8, 4) is 21.9 Å². The molecule has 0 aliphatic rings. The van der Waals surface area contributed by atoms with Crippen molar-refractivity contribution in [1.82, 2.24) is 10.3 Å². The van der Waals surface area contributed by atoms with Gasteiger partial charge in [0.2, 0.25) is 5.89 Å². The van der Waals surface area contributed by atoms with Gasteiger partial charge in [-0.2, -0.15) is 13.2 Å². The van der Waals surface area contributed by atoms with Crippen LogP contribution in [-0.4, -0.2) is 29.4 Å². The Labute approximate surface area is 207 Å². The monoisotopic (exact) mass is 516 g/mol. The first kappa shape index (κ1) is 25.3. The van der Waals surface area contributed by atoms with Gasteiger partial charge < -0.3 is 9.73 Å². The van der Waals surface area contributed by atoms with Gasteiger partial charge in [-0.1, -0.05) is 26.0 Å². The van der Waals surface area contributed by atoms with Gasteiger partial charge in [-0.05, 0) is 48.0 Å². The molecule has 4 aromatic rings. The molecule has 0 aliphatic carbocycles. The SMILES string of the molecule is CC(C)(CNC(=O)c1cccc(-c2cc(C(=O)C(F)(F)F)cs2)c1)c1coc(-c2ccc(F)cc2)n1. The summed E-state index contributed by atoms with van der Waals surface area (Å²) in [5.74, 6) is -2.32. The highest BCUT2D eigenvalue weighted by molar-refractivity contribution is 7.13. The average molecular weight is 517 g/mol.